The van der Waals surface area contributed by atoms with Crippen LogP contribution in [0.4, 0.5) is 5.69 Å². The quantitative estimate of drug-likeness (QED) is 0.471. The van der Waals surface area contributed by atoms with Crippen molar-refractivity contribution in [2.45, 2.75) is 33.1 Å². The van der Waals surface area contributed by atoms with Crippen LogP contribution in [0.5, 0.6) is 5.75 Å². The van der Waals surface area contributed by atoms with Crippen molar-refractivity contribution in [2.75, 3.05) is 12.4 Å². The fraction of sp³-hybridized carbons (Fsp3) is 0.250. The van der Waals surface area contributed by atoms with E-state index in [1.54, 1.807) is 13.2 Å². The van der Waals surface area contributed by atoms with Crippen LogP contribution in [0.2, 0.25) is 0 Å². The number of ether oxygens (including phenoxy) is 1. The Hall–Kier alpha value is -3.34. The van der Waals surface area contributed by atoms with E-state index in [0.717, 1.165) is 23.0 Å². The van der Waals surface area contributed by atoms with Crippen LogP contribution in [0.1, 0.15) is 37.0 Å². The molecule has 0 bridgehead atoms. The third kappa shape index (κ3) is 7.30. The second-order valence-electron chi connectivity index (χ2n) is 6.93. The molecule has 2 rings (SSSR count). The van der Waals surface area contributed by atoms with Crippen molar-refractivity contribution in [1.29, 1.82) is 0 Å². The average Bonchev–Trinajstić information content (AvgIpc) is 2.70. The van der Waals surface area contributed by atoms with Crippen LogP contribution in [0.15, 0.2) is 60.2 Å². The number of hydrogen-bond donors (Lipinski definition) is 2. The number of hydrogen-bond acceptors (Lipinski definition) is 3. The summed E-state index contributed by atoms with van der Waals surface area (Å²) in [5.41, 5.74) is 4.55. The summed E-state index contributed by atoms with van der Waals surface area (Å²) >= 11 is 0. The van der Waals surface area contributed by atoms with Gasteiger partial charge in [0.15, 0.2) is 0 Å². The molecule has 0 aliphatic heterocycles. The molecule has 5 heteroatoms. The minimum absolute atomic E-state index is 0.103. The first-order valence-corrected chi connectivity index (χ1v) is 9.48. The lowest BCUT2D eigenvalue weighted by molar-refractivity contribution is -0.131. The van der Waals surface area contributed by atoms with E-state index in [0.29, 0.717) is 30.5 Å². The third-order valence-electron chi connectivity index (χ3n) is 4.37. The smallest absolute Gasteiger partial charge is 0.328 e. The van der Waals surface area contributed by atoms with Gasteiger partial charge in [-0.3, -0.25) is 4.79 Å². The van der Waals surface area contributed by atoms with Gasteiger partial charge in [-0.15, -0.1) is 0 Å². The maximum Gasteiger partial charge on any atom is 0.328 e. The molecule has 2 N–H and O–H groups in total. The van der Waals surface area contributed by atoms with Gasteiger partial charge in [-0.05, 0) is 61.6 Å². The lowest BCUT2D eigenvalue weighted by Crippen LogP contribution is -2.14. The molecule has 2 aromatic carbocycles. The second-order valence-corrected chi connectivity index (χ2v) is 6.93. The van der Waals surface area contributed by atoms with E-state index in [4.69, 9.17) is 9.84 Å². The van der Waals surface area contributed by atoms with Gasteiger partial charge in [-0.25, -0.2) is 4.79 Å². The molecule has 2 aromatic rings. The van der Waals surface area contributed by atoms with E-state index in [-0.39, 0.29) is 5.91 Å². The molecule has 0 aromatic heterocycles. The molecule has 29 heavy (non-hydrogen) atoms. The molecule has 0 fully saturated rings. The predicted molar refractivity (Wildman–Crippen MR) is 116 cm³/mol. The highest BCUT2D eigenvalue weighted by Crippen LogP contribution is 2.22. The van der Waals surface area contributed by atoms with E-state index in [1.807, 2.05) is 50.2 Å². The topological polar surface area (TPSA) is 75.6 Å². The summed E-state index contributed by atoms with van der Waals surface area (Å²) in [5.74, 6) is -0.347. The molecule has 1 amide bonds. The van der Waals surface area contributed by atoms with Crippen LogP contribution in [0.3, 0.4) is 0 Å². The molecule has 152 valence electrons. The molecule has 0 atom stereocenters. The van der Waals surface area contributed by atoms with Gasteiger partial charge in [0.05, 0.1) is 7.11 Å². The fourth-order valence-electron chi connectivity index (χ4n) is 2.84. The van der Waals surface area contributed by atoms with Crippen molar-refractivity contribution in [3.8, 4) is 5.75 Å². The number of nitrogens with one attached hydrogen (secondary N) is 1. The number of aryl methyl sites for hydroxylation is 1. The third-order valence-corrected chi connectivity index (χ3v) is 4.37. The number of benzene rings is 2. The maximum atomic E-state index is 12.6. The van der Waals surface area contributed by atoms with Gasteiger partial charge in [0.1, 0.15) is 5.75 Å². The Morgan fingerprint density at radius 2 is 1.86 bits per heavy atom. The zero-order valence-electron chi connectivity index (χ0n) is 17.1. The summed E-state index contributed by atoms with van der Waals surface area (Å²) < 4.78 is 5.34. The zero-order valence-corrected chi connectivity index (χ0v) is 17.1. The summed E-state index contributed by atoms with van der Waals surface area (Å²) in [4.78, 5) is 23.4. The highest BCUT2D eigenvalue weighted by molar-refractivity contribution is 5.92. The van der Waals surface area contributed by atoms with E-state index in [1.165, 1.54) is 11.6 Å². The van der Waals surface area contributed by atoms with E-state index < -0.39 is 5.97 Å². The summed E-state index contributed by atoms with van der Waals surface area (Å²) in [7, 11) is 1.62. The van der Waals surface area contributed by atoms with Crippen molar-refractivity contribution in [1.82, 2.24) is 0 Å². The Balaban J connectivity index is 2.16. The largest absolute Gasteiger partial charge is 0.496 e. The predicted octanol–water partition coefficient (Wildman–Crippen LogP) is 4.87. The van der Waals surface area contributed by atoms with E-state index >= 15 is 0 Å². The van der Waals surface area contributed by atoms with Gasteiger partial charge in [0.2, 0.25) is 5.91 Å². The van der Waals surface area contributed by atoms with Crippen molar-refractivity contribution < 1.29 is 19.4 Å². The number of rotatable bonds is 9. The summed E-state index contributed by atoms with van der Waals surface area (Å²) in [6.45, 7) is 4.05. The molecule has 0 saturated heterocycles. The van der Waals surface area contributed by atoms with Crippen LogP contribution >= 0.6 is 0 Å². The van der Waals surface area contributed by atoms with Gasteiger partial charge >= 0.3 is 5.97 Å². The van der Waals surface area contributed by atoms with Crippen LogP contribution in [0.25, 0.3) is 6.08 Å². The van der Waals surface area contributed by atoms with Crippen LogP contribution in [-0.2, 0) is 22.4 Å². The number of carboxylic acid groups (broad SMARTS) is 1. The SMILES string of the molecule is COc1ccccc1CCC(=O)Nc1cc(/C=C/C(=O)O)ccc1CC=C(C)C. The van der Waals surface area contributed by atoms with Gasteiger partial charge in [0, 0.05) is 18.2 Å². The lowest BCUT2D eigenvalue weighted by Gasteiger charge is -2.12. The number of allylic oxidation sites excluding steroid dienone is 2. The molecule has 0 aliphatic carbocycles. The van der Waals surface area contributed by atoms with E-state index in [2.05, 4.69) is 11.4 Å². The first-order chi connectivity index (χ1) is 13.9. The Bertz CT molecular complexity index is 924. The molecule has 0 aliphatic rings. The molecule has 0 heterocycles. The second kappa shape index (κ2) is 10.9. The minimum atomic E-state index is -1.01. The van der Waals surface area contributed by atoms with Crippen LogP contribution in [-0.4, -0.2) is 24.1 Å². The number of amides is 1. The first-order valence-electron chi connectivity index (χ1n) is 9.48. The zero-order chi connectivity index (χ0) is 21.2. The number of aliphatic carboxylic acids is 1. The average molecular weight is 393 g/mol. The molecular weight excluding hydrogens is 366 g/mol. The standard InChI is InChI=1S/C24H27NO4/c1-17(2)8-11-19-12-9-18(10-15-24(27)28)16-21(19)25-23(26)14-13-20-6-4-5-7-22(20)29-3/h4-10,12,15-16H,11,13-14H2,1-3H3,(H,25,26)(H,27,28)/b15-10+. The van der Waals surface area contributed by atoms with E-state index in [9.17, 15) is 9.59 Å². The van der Waals surface area contributed by atoms with Gasteiger partial charge in [0.25, 0.3) is 0 Å². The number of para-hydroxylation sites is 1. The number of anilines is 1. The Morgan fingerprint density at radius 3 is 2.55 bits per heavy atom. The molecule has 0 spiro atoms. The monoisotopic (exact) mass is 393 g/mol. The minimum Gasteiger partial charge on any atom is -0.496 e. The van der Waals surface area contributed by atoms with Crippen molar-refractivity contribution in [3.05, 3.63) is 76.9 Å². The summed E-state index contributed by atoms with van der Waals surface area (Å²) in [6, 6.07) is 13.2. The number of methoxy groups -OCH3 is 1. The molecule has 0 saturated carbocycles. The first kappa shape index (κ1) is 22.0. The molecule has 0 radical (unpaired) electrons. The normalized spacial score (nSPS) is 10.6. The summed E-state index contributed by atoms with van der Waals surface area (Å²) in [6.07, 6.45) is 6.26. The molecule has 0 unspecified atom stereocenters. The van der Waals surface area contributed by atoms with Crippen LogP contribution in [0, 0.1) is 0 Å². The molecular formula is C24H27NO4. The maximum absolute atomic E-state index is 12.6. The Kier molecular flexibility index (Phi) is 8.22. The Morgan fingerprint density at radius 1 is 1.10 bits per heavy atom. The van der Waals surface area contributed by atoms with Crippen molar-refractivity contribution in [3.63, 3.8) is 0 Å². The number of carbonyl (C=O) groups excluding carboxylic acids is 1. The number of carbonyl (C=O) groups is 2. The van der Waals surface area contributed by atoms with Gasteiger partial charge < -0.3 is 15.2 Å². The molecule has 5 nitrogen and oxygen atoms in total. The number of carboxylic acids is 1. The summed E-state index contributed by atoms with van der Waals surface area (Å²) in [5, 5.41) is 11.8. The lowest BCUT2D eigenvalue weighted by atomic mass is 10.0. The Labute approximate surface area is 171 Å². The fourth-order valence-corrected chi connectivity index (χ4v) is 2.84. The van der Waals surface area contributed by atoms with Crippen molar-refractivity contribution in [2.24, 2.45) is 0 Å². The van der Waals surface area contributed by atoms with Gasteiger partial charge in [-0.1, -0.05) is 42.0 Å². The van der Waals surface area contributed by atoms with Crippen molar-refractivity contribution >= 4 is 23.6 Å². The van der Waals surface area contributed by atoms with Gasteiger partial charge in [-0.2, -0.15) is 0 Å². The van der Waals surface area contributed by atoms with Crippen LogP contribution < -0.4 is 10.1 Å². The highest BCUT2D eigenvalue weighted by atomic mass is 16.5. The highest BCUT2D eigenvalue weighted by Gasteiger charge is 2.10.